The molecule has 4 aliphatic carbocycles. The van der Waals surface area contributed by atoms with Crippen LogP contribution in [0.3, 0.4) is 0 Å². The first-order chi connectivity index (χ1) is 13.7. The van der Waals surface area contributed by atoms with E-state index >= 15 is 0 Å². The monoisotopic (exact) mass is 398 g/mol. The Hall–Kier alpha value is -0.590. The van der Waals surface area contributed by atoms with Gasteiger partial charge in [-0.3, -0.25) is 4.79 Å². The first-order valence-corrected chi connectivity index (χ1v) is 12.9. The van der Waals surface area contributed by atoms with E-state index in [1.165, 1.54) is 44.9 Å². The molecule has 0 radical (unpaired) electrons. The number of Topliss-reactive ketones (excluding diaryl/α,β-unsaturated/α-hetero) is 1. The van der Waals surface area contributed by atoms with Gasteiger partial charge in [-0.15, -0.1) is 0 Å². The van der Waals surface area contributed by atoms with Crippen LogP contribution in [0.25, 0.3) is 0 Å². The van der Waals surface area contributed by atoms with Gasteiger partial charge in [0.15, 0.2) is 0 Å². The fourth-order valence-corrected chi connectivity index (χ4v) is 8.78. The molecule has 0 amide bonds. The molecule has 4 rings (SSSR count). The number of carbonyl (C=O) groups is 1. The number of fused-ring (bicyclic) bond motifs is 5. The Labute approximate surface area is 180 Å². The lowest BCUT2D eigenvalue weighted by atomic mass is 9.46. The van der Waals surface area contributed by atoms with Crippen molar-refractivity contribution in [3.05, 3.63) is 11.6 Å². The van der Waals surface area contributed by atoms with E-state index in [0.29, 0.717) is 22.5 Å². The zero-order valence-electron chi connectivity index (χ0n) is 20.1. The molecule has 3 fully saturated rings. The van der Waals surface area contributed by atoms with E-state index in [9.17, 15) is 4.79 Å². The fourth-order valence-electron chi connectivity index (χ4n) is 8.78. The zero-order valence-corrected chi connectivity index (χ0v) is 20.1. The molecule has 0 aromatic rings. The van der Waals surface area contributed by atoms with E-state index in [1.54, 1.807) is 0 Å². The Morgan fingerprint density at radius 2 is 1.72 bits per heavy atom. The SMILES string of the molecule is CC(C)CCC[C@@H](C)[C@H]1CC[C@H]2C3=CC[C@H]4[C@@H](C)C(=O)CC[C@]4(C)[C@H]3CC[C@]12C. The molecule has 4 aliphatic rings. The normalized spacial score (nSPS) is 45.4. The van der Waals surface area contributed by atoms with Crippen LogP contribution in [0.2, 0.25) is 0 Å². The molecule has 1 heteroatoms. The van der Waals surface area contributed by atoms with Crippen LogP contribution in [0, 0.1) is 52.3 Å². The Morgan fingerprint density at radius 3 is 2.45 bits per heavy atom. The lowest BCUT2D eigenvalue weighted by molar-refractivity contribution is -0.134. The predicted molar refractivity (Wildman–Crippen MR) is 123 cm³/mol. The second kappa shape index (κ2) is 7.83. The lowest BCUT2D eigenvalue weighted by Gasteiger charge is -2.58. The standard InChI is InChI=1S/C28H46O/c1-18(2)8-7-9-19(3)22-12-13-24-21-10-11-23-20(4)26(29)15-17-28(23,6)25(21)14-16-27(22,24)5/h10,18-20,22-25H,7-9,11-17H2,1-6H3/t19-,20-,22-,23+,24+,25+,27-,28+/m1/s1. The van der Waals surface area contributed by atoms with Gasteiger partial charge in [0.1, 0.15) is 5.78 Å². The Bertz CT molecular complexity index is 659. The third-order valence-electron chi connectivity index (χ3n) is 10.6. The first-order valence-electron chi connectivity index (χ1n) is 12.9. The molecule has 164 valence electrons. The summed E-state index contributed by atoms with van der Waals surface area (Å²) < 4.78 is 0. The second-order valence-electron chi connectivity index (χ2n) is 12.4. The highest BCUT2D eigenvalue weighted by Gasteiger charge is 2.59. The van der Waals surface area contributed by atoms with Crippen molar-refractivity contribution in [2.75, 3.05) is 0 Å². The van der Waals surface area contributed by atoms with Crippen LogP contribution >= 0.6 is 0 Å². The summed E-state index contributed by atoms with van der Waals surface area (Å²) in [4.78, 5) is 12.4. The van der Waals surface area contributed by atoms with Crippen molar-refractivity contribution in [3.8, 4) is 0 Å². The van der Waals surface area contributed by atoms with Crippen molar-refractivity contribution < 1.29 is 4.79 Å². The minimum absolute atomic E-state index is 0.275. The molecular formula is C28H46O. The number of allylic oxidation sites excluding steroid dienone is 2. The van der Waals surface area contributed by atoms with Gasteiger partial charge in [0.25, 0.3) is 0 Å². The van der Waals surface area contributed by atoms with Crippen LogP contribution in [-0.4, -0.2) is 5.78 Å². The topological polar surface area (TPSA) is 17.1 Å². The van der Waals surface area contributed by atoms with E-state index in [2.05, 4.69) is 47.6 Å². The van der Waals surface area contributed by atoms with Crippen molar-refractivity contribution in [1.29, 1.82) is 0 Å². The third kappa shape index (κ3) is 3.47. The first kappa shape index (κ1) is 21.6. The molecule has 0 bridgehead atoms. The zero-order chi connectivity index (χ0) is 21.0. The summed E-state index contributed by atoms with van der Waals surface area (Å²) >= 11 is 0. The minimum Gasteiger partial charge on any atom is -0.299 e. The summed E-state index contributed by atoms with van der Waals surface area (Å²) in [6.07, 6.45) is 15.7. The van der Waals surface area contributed by atoms with Crippen molar-refractivity contribution in [2.45, 2.75) is 106 Å². The van der Waals surface area contributed by atoms with E-state index in [-0.39, 0.29) is 5.92 Å². The highest BCUT2D eigenvalue weighted by Crippen LogP contribution is 2.67. The van der Waals surface area contributed by atoms with Crippen LogP contribution in [0.4, 0.5) is 0 Å². The Morgan fingerprint density at radius 1 is 1.00 bits per heavy atom. The van der Waals surface area contributed by atoms with E-state index in [0.717, 1.165) is 48.9 Å². The quantitative estimate of drug-likeness (QED) is 0.431. The summed E-state index contributed by atoms with van der Waals surface area (Å²) in [6, 6.07) is 0. The highest BCUT2D eigenvalue weighted by molar-refractivity contribution is 5.82. The van der Waals surface area contributed by atoms with Gasteiger partial charge >= 0.3 is 0 Å². The average Bonchev–Trinajstić information content (AvgIpc) is 3.02. The largest absolute Gasteiger partial charge is 0.299 e. The molecule has 0 aromatic heterocycles. The predicted octanol–water partition coefficient (Wildman–Crippen LogP) is 7.84. The molecule has 8 atom stereocenters. The van der Waals surface area contributed by atoms with Gasteiger partial charge in [-0.25, -0.2) is 0 Å². The van der Waals surface area contributed by atoms with Gasteiger partial charge in [0, 0.05) is 12.3 Å². The number of carbonyl (C=O) groups excluding carboxylic acids is 1. The summed E-state index contributed by atoms with van der Waals surface area (Å²) in [5.41, 5.74) is 2.74. The molecule has 0 spiro atoms. The molecule has 0 saturated heterocycles. The van der Waals surface area contributed by atoms with E-state index < -0.39 is 0 Å². The van der Waals surface area contributed by atoms with Crippen molar-refractivity contribution in [2.24, 2.45) is 52.3 Å². The highest BCUT2D eigenvalue weighted by atomic mass is 16.1. The molecule has 0 N–H and O–H groups in total. The average molecular weight is 399 g/mol. The molecular weight excluding hydrogens is 352 g/mol. The molecule has 0 heterocycles. The van der Waals surface area contributed by atoms with E-state index in [4.69, 9.17) is 0 Å². The molecule has 0 unspecified atom stereocenters. The van der Waals surface area contributed by atoms with Crippen LogP contribution < -0.4 is 0 Å². The number of ketones is 1. The third-order valence-corrected chi connectivity index (χ3v) is 10.6. The van der Waals surface area contributed by atoms with Gasteiger partial charge in [-0.2, -0.15) is 0 Å². The number of hydrogen-bond acceptors (Lipinski definition) is 1. The summed E-state index contributed by atoms with van der Waals surface area (Å²) in [6.45, 7) is 14.7. The number of hydrogen-bond donors (Lipinski definition) is 0. The van der Waals surface area contributed by atoms with Crippen LogP contribution in [0.15, 0.2) is 11.6 Å². The maximum absolute atomic E-state index is 12.4. The van der Waals surface area contributed by atoms with Gasteiger partial charge in [-0.1, -0.05) is 72.5 Å². The Balaban J connectivity index is 1.53. The lowest BCUT2D eigenvalue weighted by Crippen LogP contribution is -2.51. The molecule has 3 saturated carbocycles. The van der Waals surface area contributed by atoms with Crippen molar-refractivity contribution in [3.63, 3.8) is 0 Å². The molecule has 0 aromatic carbocycles. The molecule has 29 heavy (non-hydrogen) atoms. The second-order valence-corrected chi connectivity index (χ2v) is 12.4. The maximum Gasteiger partial charge on any atom is 0.136 e. The van der Waals surface area contributed by atoms with Crippen LogP contribution in [0.1, 0.15) is 106 Å². The summed E-state index contributed by atoms with van der Waals surface area (Å²) in [7, 11) is 0. The smallest absolute Gasteiger partial charge is 0.136 e. The maximum atomic E-state index is 12.4. The minimum atomic E-state index is 0.275. The Kier molecular flexibility index (Phi) is 5.84. The van der Waals surface area contributed by atoms with Gasteiger partial charge in [0.05, 0.1) is 0 Å². The van der Waals surface area contributed by atoms with Crippen LogP contribution in [-0.2, 0) is 4.79 Å². The molecule has 0 aliphatic heterocycles. The van der Waals surface area contributed by atoms with Crippen molar-refractivity contribution >= 4 is 5.78 Å². The van der Waals surface area contributed by atoms with E-state index in [1.807, 2.05) is 5.57 Å². The summed E-state index contributed by atoms with van der Waals surface area (Å²) in [5.74, 6) is 5.61. The van der Waals surface area contributed by atoms with Gasteiger partial charge in [-0.05, 0) is 84.9 Å². The summed E-state index contributed by atoms with van der Waals surface area (Å²) in [5, 5.41) is 0. The van der Waals surface area contributed by atoms with Crippen LogP contribution in [0.5, 0.6) is 0 Å². The van der Waals surface area contributed by atoms with Gasteiger partial charge < -0.3 is 0 Å². The van der Waals surface area contributed by atoms with Gasteiger partial charge in [0.2, 0.25) is 0 Å². The molecule has 1 nitrogen and oxygen atoms in total. The van der Waals surface area contributed by atoms with Crippen molar-refractivity contribution in [1.82, 2.24) is 0 Å². The fraction of sp³-hybridized carbons (Fsp3) is 0.893. The number of rotatable bonds is 5.